The zero-order valence-electron chi connectivity index (χ0n) is 11.5. The van der Waals surface area contributed by atoms with Gasteiger partial charge in [0.25, 0.3) is 0 Å². The Bertz CT molecular complexity index is 515. The summed E-state index contributed by atoms with van der Waals surface area (Å²) in [6, 6.07) is 3.81. The molecule has 6 heteroatoms. The number of nitrogens with one attached hydrogen (secondary N) is 2. The highest BCUT2D eigenvalue weighted by molar-refractivity contribution is 7.89. The maximum atomic E-state index is 13.3. The Labute approximate surface area is 114 Å². The van der Waals surface area contributed by atoms with E-state index in [1.165, 1.54) is 12.1 Å². The van der Waals surface area contributed by atoms with Crippen LogP contribution in [0.2, 0.25) is 0 Å². The molecule has 0 aliphatic carbocycles. The van der Waals surface area contributed by atoms with Crippen LogP contribution in [-0.4, -0.2) is 22.0 Å². The van der Waals surface area contributed by atoms with Crippen molar-refractivity contribution in [2.45, 2.75) is 31.7 Å². The van der Waals surface area contributed by atoms with Gasteiger partial charge in [-0.2, -0.15) is 0 Å². The Morgan fingerprint density at radius 1 is 1.32 bits per heavy atom. The van der Waals surface area contributed by atoms with E-state index in [2.05, 4.69) is 10.0 Å². The Morgan fingerprint density at radius 3 is 2.58 bits per heavy atom. The second-order valence-corrected chi connectivity index (χ2v) is 6.60. The van der Waals surface area contributed by atoms with Gasteiger partial charge in [-0.1, -0.05) is 19.9 Å². The van der Waals surface area contributed by atoms with E-state index in [1.54, 1.807) is 7.05 Å². The minimum absolute atomic E-state index is 0.00519. The molecular formula is C13H21FN2O2S. The molecule has 19 heavy (non-hydrogen) atoms. The summed E-state index contributed by atoms with van der Waals surface area (Å²) in [5.74, 6) is -0.143. The van der Waals surface area contributed by atoms with Crippen molar-refractivity contribution in [3.63, 3.8) is 0 Å². The summed E-state index contributed by atoms with van der Waals surface area (Å²) in [6.07, 6.45) is 0.746. The Kier molecular flexibility index (Phi) is 5.90. The molecule has 0 unspecified atom stereocenters. The van der Waals surface area contributed by atoms with Crippen LogP contribution in [0, 0.1) is 11.7 Å². The van der Waals surface area contributed by atoms with Crippen molar-refractivity contribution in [1.82, 2.24) is 10.0 Å². The summed E-state index contributed by atoms with van der Waals surface area (Å²) in [5.41, 5.74) is 0.556. The average Bonchev–Trinajstić information content (AvgIpc) is 2.31. The molecule has 0 aliphatic rings. The predicted molar refractivity (Wildman–Crippen MR) is 73.8 cm³/mol. The van der Waals surface area contributed by atoms with Crippen LogP contribution in [0.15, 0.2) is 23.1 Å². The third-order valence-electron chi connectivity index (χ3n) is 2.70. The van der Waals surface area contributed by atoms with Crippen LogP contribution in [0.25, 0.3) is 0 Å². The summed E-state index contributed by atoms with van der Waals surface area (Å²) in [6.45, 7) is 4.77. The SMILES string of the molecule is CNCc1ccc(F)cc1S(=O)(=O)NCCC(C)C. The van der Waals surface area contributed by atoms with Gasteiger partial charge in [0.15, 0.2) is 0 Å². The smallest absolute Gasteiger partial charge is 0.240 e. The number of sulfonamides is 1. The highest BCUT2D eigenvalue weighted by Crippen LogP contribution is 2.17. The number of hydrogen-bond acceptors (Lipinski definition) is 3. The first kappa shape index (κ1) is 16.1. The third-order valence-corrected chi connectivity index (χ3v) is 4.24. The van der Waals surface area contributed by atoms with Gasteiger partial charge < -0.3 is 5.32 Å². The van der Waals surface area contributed by atoms with E-state index >= 15 is 0 Å². The van der Waals surface area contributed by atoms with Crippen molar-refractivity contribution in [2.24, 2.45) is 5.92 Å². The van der Waals surface area contributed by atoms with E-state index in [0.717, 1.165) is 12.5 Å². The summed E-state index contributed by atoms with van der Waals surface area (Å²) in [4.78, 5) is 0.00519. The molecule has 0 spiro atoms. The summed E-state index contributed by atoms with van der Waals surface area (Å²) in [7, 11) is -1.95. The molecule has 0 saturated carbocycles. The van der Waals surface area contributed by atoms with Crippen molar-refractivity contribution in [2.75, 3.05) is 13.6 Å². The minimum atomic E-state index is -3.66. The lowest BCUT2D eigenvalue weighted by Gasteiger charge is -2.12. The molecular weight excluding hydrogens is 267 g/mol. The van der Waals surface area contributed by atoms with Gasteiger partial charge in [-0.15, -0.1) is 0 Å². The molecule has 0 bridgehead atoms. The highest BCUT2D eigenvalue weighted by atomic mass is 32.2. The standard InChI is InChI=1S/C13H21FN2O2S/c1-10(2)6-7-16-19(17,18)13-8-12(14)5-4-11(13)9-15-3/h4-5,8,10,15-16H,6-7,9H2,1-3H3. The number of hydrogen-bond donors (Lipinski definition) is 2. The molecule has 0 aliphatic heterocycles. The fourth-order valence-electron chi connectivity index (χ4n) is 1.67. The van der Waals surface area contributed by atoms with Crippen molar-refractivity contribution in [3.8, 4) is 0 Å². The second kappa shape index (κ2) is 6.98. The van der Waals surface area contributed by atoms with Gasteiger partial charge in [0.2, 0.25) is 10.0 Å². The molecule has 0 heterocycles. The van der Waals surface area contributed by atoms with Crippen molar-refractivity contribution in [1.29, 1.82) is 0 Å². The largest absolute Gasteiger partial charge is 0.316 e. The van der Waals surface area contributed by atoms with Gasteiger partial charge in [0.1, 0.15) is 5.82 Å². The van der Waals surface area contributed by atoms with E-state index in [1.807, 2.05) is 13.8 Å². The first-order chi connectivity index (χ1) is 8.86. The molecule has 1 aromatic carbocycles. The fraction of sp³-hybridized carbons (Fsp3) is 0.538. The molecule has 0 radical (unpaired) electrons. The molecule has 1 rings (SSSR count). The van der Waals surface area contributed by atoms with Gasteiger partial charge in [-0.05, 0) is 37.1 Å². The minimum Gasteiger partial charge on any atom is -0.316 e. The number of benzene rings is 1. The van der Waals surface area contributed by atoms with Gasteiger partial charge in [-0.25, -0.2) is 17.5 Å². The van der Waals surface area contributed by atoms with Crippen LogP contribution in [0.1, 0.15) is 25.8 Å². The van der Waals surface area contributed by atoms with Crippen LogP contribution in [0.3, 0.4) is 0 Å². The molecule has 0 atom stereocenters. The topological polar surface area (TPSA) is 58.2 Å². The molecule has 108 valence electrons. The maximum absolute atomic E-state index is 13.3. The van der Waals surface area contributed by atoms with Crippen LogP contribution in [0.5, 0.6) is 0 Å². The highest BCUT2D eigenvalue weighted by Gasteiger charge is 2.18. The van der Waals surface area contributed by atoms with E-state index in [0.29, 0.717) is 24.6 Å². The number of rotatable bonds is 7. The molecule has 1 aromatic rings. The van der Waals surface area contributed by atoms with Gasteiger partial charge >= 0.3 is 0 Å². The first-order valence-corrected chi connectivity index (χ1v) is 7.78. The molecule has 0 aromatic heterocycles. The lowest BCUT2D eigenvalue weighted by molar-refractivity contribution is 0.548. The Morgan fingerprint density at radius 2 is 2.00 bits per heavy atom. The lowest BCUT2D eigenvalue weighted by Crippen LogP contribution is -2.27. The zero-order chi connectivity index (χ0) is 14.5. The van der Waals surface area contributed by atoms with Crippen molar-refractivity contribution in [3.05, 3.63) is 29.6 Å². The Balaban J connectivity index is 2.95. The first-order valence-electron chi connectivity index (χ1n) is 6.29. The second-order valence-electron chi connectivity index (χ2n) is 4.86. The summed E-state index contributed by atoms with van der Waals surface area (Å²) >= 11 is 0. The van der Waals surface area contributed by atoms with Crippen molar-refractivity contribution < 1.29 is 12.8 Å². The van der Waals surface area contributed by atoms with Crippen LogP contribution >= 0.6 is 0 Å². The van der Waals surface area contributed by atoms with E-state index in [9.17, 15) is 12.8 Å². The number of halogens is 1. The Hall–Kier alpha value is -0.980. The van der Waals surface area contributed by atoms with Crippen molar-refractivity contribution >= 4 is 10.0 Å². The monoisotopic (exact) mass is 288 g/mol. The molecule has 0 fully saturated rings. The molecule has 0 amide bonds. The van der Waals surface area contributed by atoms with Crippen LogP contribution < -0.4 is 10.0 Å². The predicted octanol–water partition coefficient (Wildman–Crippen LogP) is 1.87. The van der Waals surface area contributed by atoms with E-state index in [4.69, 9.17) is 0 Å². The molecule has 2 N–H and O–H groups in total. The lowest BCUT2D eigenvalue weighted by atomic mass is 10.1. The maximum Gasteiger partial charge on any atom is 0.240 e. The third kappa shape index (κ3) is 4.89. The quantitative estimate of drug-likeness (QED) is 0.805. The molecule has 4 nitrogen and oxygen atoms in total. The fourth-order valence-corrected chi connectivity index (χ4v) is 2.97. The zero-order valence-corrected chi connectivity index (χ0v) is 12.3. The summed E-state index contributed by atoms with van der Waals surface area (Å²) < 4.78 is 40.1. The van der Waals surface area contributed by atoms with Crippen LogP contribution in [-0.2, 0) is 16.6 Å². The van der Waals surface area contributed by atoms with E-state index < -0.39 is 15.8 Å². The van der Waals surface area contributed by atoms with Gasteiger partial charge in [-0.3, -0.25) is 0 Å². The summed E-state index contributed by atoms with van der Waals surface area (Å²) in [5, 5.41) is 2.88. The van der Waals surface area contributed by atoms with E-state index in [-0.39, 0.29) is 4.90 Å². The average molecular weight is 288 g/mol. The van der Waals surface area contributed by atoms with Gasteiger partial charge in [0, 0.05) is 13.1 Å². The van der Waals surface area contributed by atoms with Gasteiger partial charge in [0.05, 0.1) is 4.90 Å². The normalized spacial score (nSPS) is 12.1. The van der Waals surface area contributed by atoms with Crippen LogP contribution in [0.4, 0.5) is 4.39 Å². The molecule has 0 saturated heterocycles.